The lowest BCUT2D eigenvalue weighted by atomic mass is 10.1. The summed E-state index contributed by atoms with van der Waals surface area (Å²) in [5.41, 5.74) is 0.622. The number of nitrogens with one attached hydrogen (secondary N) is 2. The van der Waals surface area contributed by atoms with Crippen LogP contribution in [0.15, 0.2) is 24.3 Å². The molecule has 170 valence electrons. The van der Waals surface area contributed by atoms with E-state index in [4.69, 9.17) is 4.74 Å². The van der Waals surface area contributed by atoms with Gasteiger partial charge < -0.3 is 25.2 Å². The summed E-state index contributed by atoms with van der Waals surface area (Å²) < 4.78 is 5.40. The first-order valence-electron chi connectivity index (χ1n) is 11.0. The number of carbonyl (C=O) groups is 3. The average Bonchev–Trinajstić information content (AvgIpc) is 2.77. The zero-order chi connectivity index (χ0) is 22.2. The van der Waals surface area contributed by atoms with Crippen molar-refractivity contribution in [1.29, 1.82) is 0 Å². The topological polar surface area (TPSA) is 94.2 Å². The van der Waals surface area contributed by atoms with Gasteiger partial charge >= 0.3 is 0 Å². The highest BCUT2D eigenvalue weighted by Crippen LogP contribution is 2.17. The van der Waals surface area contributed by atoms with E-state index in [1.807, 2.05) is 6.92 Å². The molecule has 0 aromatic heterocycles. The third-order valence-corrected chi connectivity index (χ3v) is 5.75. The van der Waals surface area contributed by atoms with Crippen molar-refractivity contribution < 1.29 is 19.1 Å². The van der Waals surface area contributed by atoms with Crippen LogP contribution in [0.4, 0.5) is 5.69 Å². The number of hydrogen-bond acceptors (Lipinski definition) is 6. The fourth-order valence-corrected chi connectivity index (χ4v) is 3.95. The quantitative estimate of drug-likeness (QED) is 0.618. The molecule has 31 heavy (non-hydrogen) atoms. The minimum atomic E-state index is -0.791. The van der Waals surface area contributed by atoms with E-state index in [0.717, 1.165) is 38.5 Å². The van der Waals surface area contributed by atoms with Crippen molar-refractivity contribution in [2.24, 2.45) is 0 Å². The summed E-state index contributed by atoms with van der Waals surface area (Å²) in [6.45, 7) is 10.3. The molecule has 2 heterocycles. The summed E-state index contributed by atoms with van der Waals surface area (Å²) in [6, 6.07) is 6.27. The fourth-order valence-electron chi connectivity index (χ4n) is 3.95. The number of likely N-dealkylation sites (N-methyl/N-ethyl adjacent to an activating group) is 1. The molecule has 0 saturated carbocycles. The normalized spacial score (nSPS) is 20.3. The molecule has 3 rings (SSSR count). The highest BCUT2D eigenvalue weighted by Gasteiger charge is 2.35. The number of anilines is 1. The second-order valence-corrected chi connectivity index (χ2v) is 7.81. The molecule has 0 radical (unpaired) electrons. The Morgan fingerprint density at radius 1 is 1.06 bits per heavy atom. The molecule has 2 aliphatic rings. The van der Waals surface area contributed by atoms with E-state index in [1.54, 1.807) is 29.2 Å². The molecule has 0 aliphatic carbocycles. The molecule has 1 atom stereocenters. The lowest BCUT2D eigenvalue weighted by Gasteiger charge is -2.38. The minimum Gasteiger partial charge on any atom is -0.494 e. The second kappa shape index (κ2) is 11.1. The Hall–Kier alpha value is -2.65. The van der Waals surface area contributed by atoms with E-state index in [9.17, 15) is 14.4 Å². The number of piperazine rings is 2. The van der Waals surface area contributed by atoms with Crippen LogP contribution >= 0.6 is 0 Å². The molecule has 2 aliphatic heterocycles. The molecule has 2 N–H and O–H groups in total. The summed E-state index contributed by atoms with van der Waals surface area (Å²) in [7, 11) is 0. The standard InChI is InChI=1S/C22H33N5O4/c1-3-25-11-13-26(14-12-25)16-21(29)27-10-9-23-22(30)19(27)15-20(28)24-17-5-7-18(8-6-17)31-4-2/h5-8,19H,3-4,9-16H2,1-2H3,(H,23,30)(H,24,28)/t19-/m1/s1. The first-order valence-corrected chi connectivity index (χ1v) is 11.0. The van der Waals surface area contributed by atoms with Crippen LogP contribution in [0, 0.1) is 0 Å². The Kier molecular flexibility index (Phi) is 8.25. The number of ether oxygens (including phenoxy) is 1. The lowest BCUT2D eigenvalue weighted by molar-refractivity contribution is -0.145. The third-order valence-electron chi connectivity index (χ3n) is 5.75. The fraction of sp³-hybridized carbons (Fsp3) is 0.591. The Morgan fingerprint density at radius 2 is 1.74 bits per heavy atom. The lowest BCUT2D eigenvalue weighted by Crippen LogP contribution is -2.60. The van der Waals surface area contributed by atoms with Crippen LogP contribution in [0.25, 0.3) is 0 Å². The molecule has 9 heteroatoms. The predicted octanol–water partition coefficient (Wildman–Crippen LogP) is 0.378. The highest BCUT2D eigenvalue weighted by atomic mass is 16.5. The van der Waals surface area contributed by atoms with Crippen molar-refractivity contribution >= 4 is 23.4 Å². The summed E-state index contributed by atoms with van der Waals surface area (Å²) in [5.74, 6) is 0.0418. The van der Waals surface area contributed by atoms with Crippen LogP contribution in [0.1, 0.15) is 20.3 Å². The predicted molar refractivity (Wildman–Crippen MR) is 118 cm³/mol. The molecular weight excluding hydrogens is 398 g/mol. The Labute approximate surface area is 183 Å². The van der Waals surface area contributed by atoms with Crippen LogP contribution in [0.5, 0.6) is 5.75 Å². The SMILES string of the molecule is CCOc1ccc(NC(=O)C[C@@H]2C(=O)NCCN2C(=O)CN2CCN(CC)CC2)cc1. The van der Waals surface area contributed by atoms with E-state index < -0.39 is 6.04 Å². The maximum atomic E-state index is 13.0. The maximum absolute atomic E-state index is 13.0. The van der Waals surface area contributed by atoms with E-state index in [2.05, 4.69) is 27.4 Å². The van der Waals surface area contributed by atoms with Gasteiger partial charge in [-0.1, -0.05) is 6.92 Å². The Bertz CT molecular complexity index is 762. The van der Waals surface area contributed by atoms with Gasteiger partial charge in [-0.05, 0) is 37.7 Å². The van der Waals surface area contributed by atoms with Crippen LogP contribution in [-0.4, -0.2) is 97.4 Å². The molecule has 2 fully saturated rings. The summed E-state index contributed by atoms with van der Waals surface area (Å²) >= 11 is 0. The van der Waals surface area contributed by atoms with E-state index in [0.29, 0.717) is 25.4 Å². The zero-order valence-electron chi connectivity index (χ0n) is 18.4. The van der Waals surface area contributed by atoms with Crippen LogP contribution in [0.2, 0.25) is 0 Å². The molecule has 0 spiro atoms. The monoisotopic (exact) mass is 431 g/mol. The zero-order valence-corrected chi connectivity index (χ0v) is 18.4. The van der Waals surface area contributed by atoms with Gasteiger partial charge in [0.2, 0.25) is 17.7 Å². The minimum absolute atomic E-state index is 0.0750. The Morgan fingerprint density at radius 3 is 2.39 bits per heavy atom. The van der Waals surface area contributed by atoms with Crippen molar-refractivity contribution in [3.63, 3.8) is 0 Å². The van der Waals surface area contributed by atoms with Gasteiger partial charge in [-0.25, -0.2) is 0 Å². The third kappa shape index (κ3) is 6.41. The highest BCUT2D eigenvalue weighted by molar-refractivity contribution is 5.97. The molecule has 1 aromatic carbocycles. The van der Waals surface area contributed by atoms with E-state index in [-0.39, 0.29) is 30.7 Å². The largest absolute Gasteiger partial charge is 0.494 e. The van der Waals surface area contributed by atoms with Crippen molar-refractivity contribution in [1.82, 2.24) is 20.0 Å². The van der Waals surface area contributed by atoms with Gasteiger partial charge in [-0.15, -0.1) is 0 Å². The summed E-state index contributed by atoms with van der Waals surface area (Å²) in [4.78, 5) is 44.0. The number of amides is 3. The average molecular weight is 432 g/mol. The van der Waals surface area contributed by atoms with Crippen molar-refractivity contribution in [3.05, 3.63) is 24.3 Å². The van der Waals surface area contributed by atoms with Gasteiger partial charge in [0.15, 0.2) is 0 Å². The van der Waals surface area contributed by atoms with Crippen molar-refractivity contribution in [2.45, 2.75) is 26.3 Å². The summed E-state index contributed by atoms with van der Waals surface area (Å²) in [6.07, 6.45) is -0.0750. The van der Waals surface area contributed by atoms with Gasteiger partial charge in [0, 0.05) is 45.0 Å². The molecule has 2 saturated heterocycles. The molecule has 0 unspecified atom stereocenters. The molecule has 0 bridgehead atoms. The van der Waals surface area contributed by atoms with Gasteiger partial charge in [-0.3, -0.25) is 19.3 Å². The number of rotatable bonds is 8. The van der Waals surface area contributed by atoms with Crippen LogP contribution in [-0.2, 0) is 14.4 Å². The number of benzene rings is 1. The number of carbonyl (C=O) groups excluding carboxylic acids is 3. The van der Waals surface area contributed by atoms with E-state index >= 15 is 0 Å². The van der Waals surface area contributed by atoms with Gasteiger partial charge in [0.1, 0.15) is 11.8 Å². The second-order valence-electron chi connectivity index (χ2n) is 7.81. The molecule has 3 amide bonds. The Balaban J connectivity index is 1.56. The van der Waals surface area contributed by atoms with Crippen LogP contribution < -0.4 is 15.4 Å². The van der Waals surface area contributed by atoms with Crippen LogP contribution in [0.3, 0.4) is 0 Å². The van der Waals surface area contributed by atoms with Gasteiger partial charge in [0.05, 0.1) is 19.6 Å². The summed E-state index contributed by atoms with van der Waals surface area (Å²) in [5, 5.41) is 5.58. The molecule has 9 nitrogen and oxygen atoms in total. The first-order chi connectivity index (χ1) is 15.0. The van der Waals surface area contributed by atoms with E-state index in [1.165, 1.54) is 0 Å². The maximum Gasteiger partial charge on any atom is 0.243 e. The van der Waals surface area contributed by atoms with Crippen molar-refractivity contribution in [3.8, 4) is 5.75 Å². The number of hydrogen-bond donors (Lipinski definition) is 2. The van der Waals surface area contributed by atoms with Gasteiger partial charge in [-0.2, -0.15) is 0 Å². The molecular formula is C22H33N5O4. The molecule has 1 aromatic rings. The van der Waals surface area contributed by atoms with Crippen molar-refractivity contribution in [2.75, 3.05) is 64.3 Å². The first kappa shape index (κ1) is 23.0. The smallest absolute Gasteiger partial charge is 0.243 e. The van der Waals surface area contributed by atoms with Gasteiger partial charge in [0.25, 0.3) is 0 Å². The number of nitrogens with zero attached hydrogens (tertiary/aromatic N) is 3.